The van der Waals surface area contributed by atoms with Gasteiger partial charge in [0.2, 0.25) is 0 Å². The summed E-state index contributed by atoms with van der Waals surface area (Å²) in [6, 6.07) is 7.96. The van der Waals surface area contributed by atoms with Gasteiger partial charge in [0, 0.05) is 25.4 Å². The molecule has 1 spiro atoms. The van der Waals surface area contributed by atoms with Crippen LogP contribution in [0.3, 0.4) is 0 Å². The maximum Gasteiger partial charge on any atom is 0.356 e. The number of ether oxygens (including phenoxy) is 2. The molecule has 9 heteroatoms. The van der Waals surface area contributed by atoms with Crippen LogP contribution < -0.4 is 4.90 Å². The van der Waals surface area contributed by atoms with Gasteiger partial charge in [-0.15, -0.1) is 0 Å². The van der Waals surface area contributed by atoms with Crippen molar-refractivity contribution in [1.82, 2.24) is 14.8 Å². The smallest absolute Gasteiger partial charge is 0.356 e. The zero-order valence-corrected chi connectivity index (χ0v) is 19.7. The molecule has 0 bridgehead atoms. The number of fused-ring (bicyclic) bond motifs is 1. The van der Waals surface area contributed by atoms with Crippen molar-refractivity contribution in [2.24, 2.45) is 0 Å². The van der Waals surface area contributed by atoms with Crippen LogP contribution in [0.15, 0.2) is 30.3 Å². The summed E-state index contributed by atoms with van der Waals surface area (Å²) in [4.78, 5) is 19.6. The number of aromatic nitrogens is 3. The van der Waals surface area contributed by atoms with Crippen LogP contribution in [0.25, 0.3) is 16.7 Å². The van der Waals surface area contributed by atoms with Crippen molar-refractivity contribution in [1.29, 1.82) is 0 Å². The minimum atomic E-state index is -0.513. The van der Waals surface area contributed by atoms with Crippen LogP contribution in [0.1, 0.15) is 60.6 Å². The lowest BCUT2D eigenvalue weighted by Crippen LogP contribution is -2.44. The summed E-state index contributed by atoms with van der Waals surface area (Å²) in [7, 11) is 1.35. The van der Waals surface area contributed by atoms with Gasteiger partial charge in [0.15, 0.2) is 11.3 Å². The monoisotopic (exact) mass is 480 g/mol. The molecule has 3 fully saturated rings. The number of aliphatic hydroxyl groups is 1. The van der Waals surface area contributed by atoms with E-state index in [4.69, 9.17) is 19.6 Å². The summed E-state index contributed by atoms with van der Waals surface area (Å²) < 4.78 is 26.4. The van der Waals surface area contributed by atoms with E-state index in [-0.39, 0.29) is 17.1 Å². The van der Waals surface area contributed by atoms with Crippen molar-refractivity contribution in [2.75, 3.05) is 31.7 Å². The number of rotatable bonds is 4. The number of hydrogen-bond acceptors (Lipinski definition) is 7. The van der Waals surface area contributed by atoms with E-state index in [1.165, 1.54) is 19.2 Å². The van der Waals surface area contributed by atoms with Gasteiger partial charge in [0.05, 0.1) is 47.9 Å². The highest BCUT2D eigenvalue weighted by Crippen LogP contribution is 2.44. The van der Waals surface area contributed by atoms with E-state index in [0.717, 1.165) is 62.0 Å². The fourth-order valence-electron chi connectivity index (χ4n) is 5.63. The van der Waals surface area contributed by atoms with Gasteiger partial charge in [-0.1, -0.05) is 6.42 Å². The molecule has 2 saturated heterocycles. The van der Waals surface area contributed by atoms with Crippen molar-refractivity contribution in [3.8, 4) is 5.69 Å². The van der Waals surface area contributed by atoms with Crippen LogP contribution in [0.2, 0.25) is 0 Å². The molecule has 3 aromatic rings. The molecule has 4 heterocycles. The van der Waals surface area contributed by atoms with E-state index in [1.807, 2.05) is 6.07 Å². The molecule has 0 radical (unpaired) electrons. The first-order valence-corrected chi connectivity index (χ1v) is 12.3. The van der Waals surface area contributed by atoms with Gasteiger partial charge in [-0.2, -0.15) is 5.10 Å². The van der Waals surface area contributed by atoms with Crippen molar-refractivity contribution in [3.63, 3.8) is 0 Å². The first kappa shape index (κ1) is 22.4. The third kappa shape index (κ3) is 3.87. The summed E-state index contributed by atoms with van der Waals surface area (Å²) in [6.45, 7) is 1.86. The molecule has 35 heavy (non-hydrogen) atoms. The molecule has 3 aliphatic rings. The molecule has 2 aromatic heterocycles. The molecular formula is C26H29FN4O4. The molecule has 0 amide bonds. The average molecular weight is 481 g/mol. The fraction of sp³-hybridized carbons (Fsp3) is 0.500. The zero-order chi connectivity index (χ0) is 24.2. The van der Waals surface area contributed by atoms with Crippen LogP contribution in [0.5, 0.6) is 0 Å². The Morgan fingerprint density at radius 1 is 1.23 bits per heavy atom. The summed E-state index contributed by atoms with van der Waals surface area (Å²) in [5, 5.41) is 15.9. The molecule has 1 saturated carbocycles. The summed E-state index contributed by atoms with van der Waals surface area (Å²) in [5.41, 5.74) is 3.09. The predicted molar refractivity (Wildman–Crippen MR) is 128 cm³/mol. The number of carbonyl (C=O) groups is 1. The van der Waals surface area contributed by atoms with Gasteiger partial charge >= 0.3 is 5.97 Å². The van der Waals surface area contributed by atoms with Crippen LogP contribution in [0.4, 0.5) is 10.1 Å². The number of piperidine rings is 1. The van der Waals surface area contributed by atoms with Gasteiger partial charge in [-0.05, 0) is 56.0 Å². The lowest BCUT2D eigenvalue weighted by atomic mass is 9.81. The zero-order valence-electron chi connectivity index (χ0n) is 19.7. The number of methoxy groups -OCH3 is 1. The molecule has 1 atom stereocenters. The predicted octanol–water partition coefficient (Wildman–Crippen LogP) is 3.73. The van der Waals surface area contributed by atoms with Gasteiger partial charge in [-0.25, -0.2) is 18.9 Å². The molecule has 1 unspecified atom stereocenters. The standard InChI is InChI=1S/C26H29FN4O4/c1-34-25(33)20-13-21(30-11-9-26(10-12-30)14-19(32)15-35-26)22-23(16-3-2-4-16)29-31(24(22)28-20)18-7-5-17(27)6-8-18/h5-8,13,16,19,32H,2-4,9-12,14-15H2,1H3. The van der Waals surface area contributed by atoms with Crippen molar-refractivity contribution in [3.05, 3.63) is 47.5 Å². The van der Waals surface area contributed by atoms with Crippen LogP contribution in [-0.2, 0) is 9.47 Å². The minimum Gasteiger partial charge on any atom is -0.464 e. The lowest BCUT2D eigenvalue weighted by Gasteiger charge is -2.40. The second-order valence-electron chi connectivity index (χ2n) is 9.96. The summed E-state index contributed by atoms with van der Waals surface area (Å²) >= 11 is 0. The van der Waals surface area contributed by atoms with Gasteiger partial charge in [0.25, 0.3) is 0 Å². The first-order chi connectivity index (χ1) is 17.0. The topological polar surface area (TPSA) is 89.7 Å². The van der Waals surface area contributed by atoms with E-state index in [1.54, 1.807) is 16.8 Å². The third-order valence-corrected chi connectivity index (χ3v) is 7.81. The molecule has 1 N–H and O–H groups in total. The second kappa shape index (κ2) is 8.57. The van der Waals surface area contributed by atoms with Gasteiger partial charge in [-0.3, -0.25) is 0 Å². The van der Waals surface area contributed by atoms with E-state index >= 15 is 0 Å². The largest absolute Gasteiger partial charge is 0.464 e. The Labute approximate surface area is 202 Å². The minimum absolute atomic E-state index is 0.214. The molecule has 184 valence electrons. The molecule has 2 aliphatic heterocycles. The maximum absolute atomic E-state index is 13.6. The molecule has 1 aliphatic carbocycles. The van der Waals surface area contributed by atoms with E-state index in [9.17, 15) is 14.3 Å². The SMILES string of the molecule is COC(=O)c1cc(N2CCC3(CC2)CC(O)CO3)c2c(C3CCC3)nn(-c3ccc(F)cc3)c2n1. The van der Waals surface area contributed by atoms with Gasteiger partial charge < -0.3 is 19.5 Å². The molecule has 1 aromatic carbocycles. The van der Waals surface area contributed by atoms with Crippen molar-refractivity contribution >= 4 is 22.7 Å². The second-order valence-corrected chi connectivity index (χ2v) is 9.96. The Morgan fingerprint density at radius 2 is 1.97 bits per heavy atom. The molecule has 6 rings (SSSR count). The number of hydrogen-bond donors (Lipinski definition) is 1. The lowest BCUT2D eigenvalue weighted by molar-refractivity contribution is -0.0166. The van der Waals surface area contributed by atoms with Crippen molar-refractivity contribution in [2.45, 2.75) is 56.1 Å². The highest BCUT2D eigenvalue weighted by Gasteiger charge is 2.43. The first-order valence-electron chi connectivity index (χ1n) is 12.3. The molecular weight excluding hydrogens is 451 g/mol. The quantitative estimate of drug-likeness (QED) is 0.569. The Balaban J connectivity index is 1.49. The van der Waals surface area contributed by atoms with Crippen LogP contribution >= 0.6 is 0 Å². The number of benzene rings is 1. The van der Waals surface area contributed by atoms with Gasteiger partial charge in [0.1, 0.15) is 5.82 Å². The number of anilines is 1. The fourth-order valence-corrected chi connectivity index (χ4v) is 5.63. The van der Waals surface area contributed by atoms with E-state index < -0.39 is 12.1 Å². The average Bonchev–Trinajstić information content (AvgIpc) is 3.38. The number of nitrogens with zero attached hydrogens (tertiary/aromatic N) is 4. The maximum atomic E-state index is 13.6. The third-order valence-electron chi connectivity index (χ3n) is 7.81. The Morgan fingerprint density at radius 3 is 2.57 bits per heavy atom. The Kier molecular flexibility index (Phi) is 5.49. The van der Waals surface area contributed by atoms with E-state index in [0.29, 0.717) is 30.3 Å². The number of halogens is 1. The number of aliphatic hydroxyl groups excluding tert-OH is 1. The Bertz CT molecular complexity index is 1260. The van der Waals surface area contributed by atoms with E-state index in [2.05, 4.69) is 4.90 Å². The highest BCUT2D eigenvalue weighted by molar-refractivity contribution is 5.99. The highest BCUT2D eigenvalue weighted by atomic mass is 19.1. The summed E-state index contributed by atoms with van der Waals surface area (Å²) in [5.74, 6) is -0.510. The normalized spacial score (nSPS) is 22.0. The number of pyridine rings is 1. The van der Waals surface area contributed by atoms with Crippen molar-refractivity contribution < 1.29 is 23.8 Å². The summed E-state index contributed by atoms with van der Waals surface area (Å²) in [6.07, 6.45) is 5.13. The molecule has 8 nitrogen and oxygen atoms in total. The number of esters is 1. The van der Waals surface area contributed by atoms with Crippen LogP contribution in [0, 0.1) is 5.82 Å². The number of carbonyl (C=O) groups excluding carboxylic acids is 1. The van der Waals surface area contributed by atoms with Crippen LogP contribution in [-0.4, -0.2) is 64.4 Å². The Hall–Kier alpha value is -3.04.